The number of ether oxygens (including phenoxy) is 3. The maximum Gasteiger partial charge on any atom is 0.262 e. The fraction of sp³-hybridized carbons (Fsp3) is 0.250. The zero-order valence-corrected chi connectivity index (χ0v) is 13.0. The third-order valence-electron chi connectivity index (χ3n) is 3.38. The van der Waals surface area contributed by atoms with Gasteiger partial charge in [-0.05, 0) is 12.1 Å². The number of aromatic nitrogens is 2. The Kier molecular flexibility index (Phi) is 4.03. The minimum atomic E-state index is -0.311. The number of hydrogen-bond acceptors (Lipinski definition) is 6. The molecule has 7 heteroatoms. The van der Waals surface area contributed by atoms with E-state index in [1.54, 1.807) is 31.4 Å². The summed E-state index contributed by atoms with van der Waals surface area (Å²) in [7, 11) is 4.61. The van der Waals surface area contributed by atoms with E-state index >= 15 is 0 Å². The molecule has 1 aromatic carbocycles. The predicted octanol–water partition coefficient (Wildman–Crippen LogP) is 2.35. The van der Waals surface area contributed by atoms with E-state index in [1.165, 1.54) is 14.2 Å². The normalized spacial score (nSPS) is 10.9. The maximum atomic E-state index is 12.4. The quantitative estimate of drug-likeness (QED) is 0.777. The molecule has 0 saturated carbocycles. The number of methoxy groups -OCH3 is 3. The highest BCUT2D eigenvalue weighted by Gasteiger charge is 2.14. The molecular formula is C16H16N2O5. The summed E-state index contributed by atoms with van der Waals surface area (Å²) < 4.78 is 21.1. The Morgan fingerprint density at radius 3 is 2.70 bits per heavy atom. The Morgan fingerprint density at radius 2 is 2.00 bits per heavy atom. The van der Waals surface area contributed by atoms with Gasteiger partial charge in [-0.15, -0.1) is 0 Å². The Labute approximate surface area is 131 Å². The van der Waals surface area contributed by atoms with Gasteiger partial charge in [-0.25, -0.2) is 4.98 Å². The van der Waals surface area contributed by atoms with Crippen LogP contribution in [0.3, 0.4) is 0 Å². The zero-order valence-electron chi connectivity index (χ0n) is 13.0. The number of aromatic amines is 1. The van der Waals surface area contributed by atoms with Gasteiger partial charge in [0.1, 0.15) is 29.3 Å². The Balaban J connectivity index is 2.18. The van der Waals surface area contributed by atoms with Gasteiger partial charge in [-0.2, -0.15) is 0 Å². The van der Waals surface area contributed by atoms with Crippen molar-refractivity contribution in [3.8, 4) is 23.1 Å². The highest BCUT2D eigenvalue weighted by atomic mass is 16.5. The molecule has 0 aliphatic heterocycles. The molecule has 2 heterocycles. The van der Waals surface area contributed by atoms with Gasteiger partial charge < -0.3 is 23.6 Å². The van der Waals surface area contributed by atoms with Crippen LogP contribution in [-0.4, -0.2) is 31.3 Å². The Morgan fingerprint density at radius 1 is 1.17 bits per heavy atom. The molecule has 1 N–H and O–H groups in total. The summed E-state index contributed by atoms with van der Waals surface area (Å²) in [5.74, 6) is 2.39. The number of hydrogen-bond donors (Lipinski definition) is 1. The van der Waals surface area contributed by atoms with Crippen molar-refractivity contribution >= 4 is 10.9 Å². The van der Waals surface area contributed by atoms with Gasteiger partial charge in [-0.1, -0.05) is 0 Å². The van der Waals surface area contributed by atoms with Crippen molar-refractivity contribution in [2.24, 2.45) is 0 Å². The molecule has 0 radical (unpaired) electrons. The number of furan rings is 1. The monoisotopic (exact) mass is 316 g/mol. The SMILES string of the molecule is COCc1ccc(-c2nc3cc(OC)cc(OC)c3c(=O)[nH]2)o1. The summed E-state index contributed by atoms with van der Waals surface area (Å²) in [5, 5.41) is 0.362. The van der Waals surface area contributed by atoms with Crippen LogP contribution >= 0.6 is 0 Å². The van der Waals surface area contributed by atoms with Crippen molar-refractivity contribution in [2.75, 3.05) is 21.3 Å². The van der Waals surface area contributed by atoms with Gasteiger partial charge in [-0.3, -0.25) is 4.79 Å². The molecule has 2 aromatic heterocycles. The van der Waals surface area contributed by atoms with E-state index in [1.807, 2.05) is 0 Å². The number of rotatable bonds is 5. The largest absolute Gasteiger partial charge is 0.497 e. The summed E-state index contributed by atoms with van der Waals surface area (Å²) in [6.07, 6.45) is 0. The summed E-state index contributed by atoms with van der Waals surface area (Å²) in [6.45, 7) is 0.347. The van der Waals surface area contributed by atoms with E-state index in [2.05, 4.69) is 9.97 Å². The number of nitrogens with zero attached hydrogens (tertiary/aromatic N) is 1. The van der Waals surface area contributed by atoms with Gasteiger partial charge >= 0.3 is 0 Å². The highest BCUT2D eigenvalue weighted by molar-refractivity contribution is 5.86. The summed E-state index contributed by atoms with van der Waals surface area (Å²) >= 11 is 0. The fourth-order valence-corrected chi connectivity index (χ4v) is 2.33. The molecule has 0 unspecified atom stereocenters. The molecule has 0 saturated heterocycles. The summed E-state index contributed by atoms with van der Waals surface area (Å²) in [5.41, 5.74) is 0.152. The number of nitrogens with one attached hydrogen (secondary N) is 1. The Hall–Kier alpha value is -2.80. The van der Waals surface area contributed by atoms with E-state index in [-0.39, 0.29) is 5.56 Å². The minimum Gasteiger partial charge on any atom is -0.497 e. The average Bonchev–Trinajstić information content (AvgIpc) is 3.02. The van der Waals surface area contributed by atoms with E-state index in [4.69, 9.17) is 18.6 Å². The molecular weight excluding hydrogens is 300 g/mol. The number of benzene rings is 1. The van der Waals surface area contributed by atoms with Crippen LogP contribution in [0.4, 0.5) is 0 Å². The summed E-state index contributed by atoms with van der Waals surface area (Å²) in [4.78, 5) is 19.6. The van der Waals surface area contributed by atoms with Gasteiger partial charge in [0.2, 0.25) is 0 Å². The molecule has 0 aliphatic carbocycles. The lowest BCUT2D eigenvalue weighted by Gasteiger charge is -2.08. The van der Waals surface area contributed by atoms with Crippen molar-refractivity contribution in [1.82, 2.24) is 9.97 Å². The van der Waals surface area contributed by atoms with Gasteiger partial charge in [0, 0.05) is 19.2 Å². The third-order valence-corrected chi connectivity index (χ3v) is 3.38. The van der Waals surface area contributed by atoms with E-state index < -0.39 is 0 Å². The molecule has 3 aromatic rings. The fourth-order valence-electron chi connectivity index (χ4n) is 2.33. The van der Waals surface area contributed by atoms with E-state index in [0.717, 1.165) is 0 Å². The second kappa shape index (κ2) is 6.13. The van der Waals surface area contributed by atoms with Crippen molar-refractivity contribution in [3.63, 3.8) is 0 Å². The van der Waals surface area contributed by atoms with Crippen LogP contribution in [-0.2, 0) is 11.3 Å². The number of fused-ring (bicyclic) bond motifs is 1. The minimum absolute atomic E-state index is 0.311. The Bertz CT molecular complexity index is 897. The standard InChI is InChI=1S/C16H16N2O5/c1-20-8-9-4-5-12(23-9)15-17-11-6-10(21-2)7-13(22-3)14(11)16(19)18-15/h4-7H,8H2,1-3H3,(H,17,18,19). The number of H-pyrrole nitrogens is 1. The lowest BCUT2D eigenvalue weighted by atomic mass is 10.2. The van der Waals surface area contributed by atoms with Crippen LogP contribution < -0.4 is 15.0 Å². The third kappa shape index (κ3) is 2.78. The van der Waals surface area contributed by atoms with Crippen LogP contribution in [0.1, 0.15) is 5.76 Å². The van der Waals surface area contributed by atoms with Crippen molar-refractivity contribution < 1.29 is 18.6 Å². The molecule has 23 heavy (non-hydrogen) atoms. The van der Waals surface area contributed by atoms with Crippen molar-refractivity contribution in [1.29, 1.82) is 0 Å². The first-order valence-corrected chi connectivity index (χ1v) is 6.90. The van der Waals surface area contributed by atoms with Gasteiger partial charge in [0.25, 0.3) is 5.56 Å². The first-order valence-electron chi connectivity index (χ1n) is 6.90. The van der Waals surface area contributed by atoms with Crippen LogP contribution in [0.25, 0.3) is 22.5 Å². The first-order chi connectivity index (χ1) is 11.2. The lowest BCUT2D eigenvalue weighted by Crippen LogP contribution is -2.10. The van der Waals surface area contributed by atoms with E-state index in [0.29, 0.717) is 46.4 Å². The molecule has 0 bridgehead atoms. The summed E-state index contributed by atoms with van der Waals surface area (Å²) in [6, 6.07) is 6.82. The van der Waals surface area contributed by atoms with Crippen LogP contribution in [0, 0.1) is 0 Å². The average molecular weight is 316 g/mol. The maximum absolute atomic E-state index is 12.4. The van der Waals surface area contributed by atoms with Crippen LogP contribution in [0.5, 0.6) is 11.5 Å². The molecule has 0 amide bonds. The predicted molar refractivity (Wildman–Crippen MR) is 83.9 cm³/mol. The van der Waals surface area contributed by atoms with Crippen LogP contribution in [0.15, 0.2) is 33.5 Å². The van der Waals surface area contributed by atoms with Gasteiger partial charge in [0.05, 0.1) is 19.7 Å². The first kappa shape index (κ1) is 15.1. The second-order valence-electron chi connectivity index (χ2n) is 4.84. The molecule has 120 valence electrons. The molecule has 0 aliphatic rings. The van der Waals surface area contributed by atoms with Crippen molar-refractivity contribution in [3.05, 3.63) is 40.4 Å². The molecule has 3 rings (SSSR count). The van der Waals surface area contributed by atoms with Crippen LogP contribution in [0.2, 0.25) is 0 Å². The molecule has 0 fully saturated rings. The second-order valence-corrected chi connectivity index (χ2v) is 4.84. The molecule has 0 spiro atoms. The smallest absolute Gasteiger partial charge is 0.262 e. The van der Waals surface area contributed by atoms with E-state index in [9.17, 15) is 4.79 Å². The van der Waals surface area contributed by atoms with Crippen molar-refractivity contribution in [2.45, 2.75) is 6.61 Å². The van der Waals surface area contributed by atoms with Gasteiger partial charge in [0.15, 0.2) is 11.6 Å². The molecule has 7 nitrogen and oxygen atoms in total. The zero-order chi connectivity index (χ0) is 16.4. The lowest BCUT2D eigenvalue weighted by molar-refractivity contribution is 0.165. The topological polar surface area (TPSA) is 86.6 Å². The molecule has 0 atom stereocenters. The highest BCUT2D eigenvalue weighted by Crippen LogP contribution is 2.29.